The van der Waals surface area contributed by atoms with E-state index < -0.39 is 0 Å². The van der Waals surface area contributed by atoms with Gasteiger partial charge in [-0.2, -0.15) is 0 Å². The van der Waals surface area contributed by atoms with Gasteiger partial charge in [0.05, 0.1) is 13.2 Å². The van der Waals surface area contributed by atoms with Gasteiger partial charge in [0.1, 0.15) is 5.75 Å². The van der Waals surface area contributed by atoms with Crippen molar-refractivity contribution in [2.45, 2.75) is 37.6 Å². The summed E-state index contributed by atoms with van der Waals surface area (Å²) in [5.41, 5.74) is 1.22. The second-order valence-electron chi connectivity index (χ2n) is 4.46. The van der Waals surface area contributed by atoms with Crippen LogP contribution in [0.4, 0.5) is 0 Å². The first-order valence-electron chi connectivity index (χ1n) is 6.06. The van der Waals surface area contributed by atoms with Gasteiger partial charge in [0.25, 0.3) is 0 Å². The zero-order valence-electron chi connectivity index (χ0n) is 10.1. The zero-order valence-corrected chi connectivity index (χ0v) is 10.1. The van der Waals surface area contributed by atoms with E-state index in [0.29, 0.717) is 5.92 Å². The lowest BCUT2D eigenvalue weighted by atomic mass is 9.80. The highest BCUT2D eigenvalue weighted by Gasteiger charge is 2.26. The minimum atomic E-state index is 0.0911. The van der Waals surface area contributed by atoms with Crippen LogP contribution in [0.3, 0.4) is 0 Å². The number of isocyanates is 1. The molecule has 1 fully saturated rings. The molecular weight excluding hydrogens is 214 g/mol. The first-order valence-corrected chi connectivity index (χ1v) is 6.06. The van der Waals surface area contributed by atoms with Gasteiger partial charge in [-0.1, -0.05) is 25.0 Å². The van der Waals surface area contributed by atoms with Crippen LogP contribution in [0, 0.1) is 0 Å². The molecule has 2 rings (SSSR count). The number of benzene rings is 1. The Morgan fingerprint density at radius 1 is 1.35 bits per heavy atom. The second-order valence-corrected chi connectivity index (χ2v) is 4.46. The summed E-state index contributed by atoms with van der Waals surface area (Å²) in [5.74, 6) is 1.20. The normalized spacial score (nSPS) is 23.8. The Kier molecular flexibility index (Phi) is 3.94. The van der Waals surface area contributed by atoms with Crippen molar-refractivity contribution in [2.24, 2.45) is 4.99 Å². The molecule has 0 heterocycles. The third kappa shape index (κ3) is 2.75. The molecule has 1 aromatic carbocycles. The Bertz CT molecular complexity index is 424. The Morgan fingerprint density at radius 2 is 2.18 bits per heavy atom. The van der Waals surface area contributed by atoms with Crippen LogP contribution in [0.5, 0.6) is 5.75 Å². The molecule has 1 aliphatic rings. The topological polar surface area (TPSA) is 38.7 Å². The molecule has 2 atom stereocenters. The molecule has 1 saturated carbocycles. The number of hydrogen-bond acceptors (Lipinski definition) is 3. The van der Waals surface area contributed by atoms with E-state index >= 15 is 0 Å². The van der Waals surface area contributed by atoms with E-state index in [-0.39, 0.29) is 6.04 Å². The third-order valence-corrected chi connectivity index (χ3v) is 3.47. The lowest BCUT2D eigenvalue weighted by molar-refractivity contribution is 0.381. The molecule has 3 heteroatoms. The van der Waals surface area contributed by atoms with Gasteiger partial charge in [0, 0.05) is 5.92 Å². The molecule has 0 bridgehead atoms. The average Bonchev–Trinajstić information content (AvgIpc) is 2.40. The molecule has 17 heavy (non-hydrogen) atoms. The van der Waals surface area contributed by atoms with Crippen LogP contribution in [-0.2, 0) is 4.79 Å². The van der Waals surface area contributed by atoms with E-state index in [1.807, 2.05) is 18.2 Å². The van der Waals surface area contributed by atoms with E-state index in [4.69, 9.17) is 4.74 Å². The maximum absolute atomic E-state index is 10.5. The van der Waals surface area contributed by atoms with Crippen molar-refractivity contribution in [1.82, 2.24) is 0 Å². The van der Waals surface area contributed by atoms with Gasteiger partial charge in [-0.15, -0.1) is 0 Å². The molecule has 0 aromatic heterocycles. The van der Waals surface area contributed by atoms with Crippen molar-refractivity contribution in [2.75, 3.05) is 7.11 Å². The fourth-order valence-electron chi connectivity index (χ4n) is 2.59. The Morgan fingerprint density at radius 3 is 2.94 bits per heavy atom. The largest absolute Gasteiger partial charge is 0.497 e. The second kappa shape index (κ2) is 5.65. The fraction of sp³-hybridized carbons (Fsp3) is 0.500. The molecule has 0 aliphatic heterocycles. The van der Waals surface area contributed by atoms with Gasteiger partial charge in [-0.3, -0.25) is 0 Å². The fourth-order valence-corrected chi connectivity index (χ4v) is 2.59. The van der Waals surface area contributed by atoms with E-state index in [1.54, 1.807) is 13.2 Å². The van der Waals surface area contributed by atoms with Crippen LogP contribution >= 0.6 is 0 Å². The summed E-state index contributed by atoms with van der Waals surface area (Å²) in [5, 5.41) is 0. The lowest BCUT2D eigenvalue weighted by Crippen LogP contribution is -2.21. The summed E-state index contributed by atoms with van der Waals surface area (Å²) in [6, 6.07) is 8.15. The SMILES string of the molecule is COc1cccc([C@@H]2CCCC[C@H]2N=C=O)c1. The molecule has 0 spiro atoms. The van der Waals surface area contributed by atoms with Crippen molar-refractivity contribution < 1.29 is 9.53 Å². The molecular formula is C14H17NO2. The van der Waals surface area contributed by atoms with Crippen LogP contribution in [0.1, 0.15) is 37.2 Å². The van der Waals surface area contributed by atoms with Crippen molar-refractivity contribution in [1.29, 1.82) is 0 Å². The molecule has 1 aliphatic carbocycles. The van der Waals surface area contributed by atoms with Gasteiger partial charge in [-0.05, 0) is 30.5 Å². The van der Waals surface area contributed by atoms with Gasteiger partial charge in [0.2, 0.25) is 6.08 Å². The van der Waals surface area contributed by atoms with Gasteiger partial charge >= 0.3 is 0 Å². The minimum absolute atomic E-state index is 0.0911. The molecule has 90 valence electrons. The standard InChI is InChI=1S/C14H17NO2/c1-17-12-6-4-5-11(9-12)13-7-2-3-8-14(13)15-10-16/h4-6,9,13-14H,2-3,7-8H2,1H3/t13-,14+/m0/s1. The predicted octanol–water partition coefficient (Wildman–Crippen LogP) is 3.06. The molecule has 0 amide bonds. The monoisotopic (exact) mass is 231 g/mol. The smallest absolute Gasteiger partial charge is 0.235 e. The van der Waals surface area contributed by atoms with Gasteiger partial charge in [0.15, 0.2) is 0 Å². The summed E-state index contributed by atoms with van der Waals surface area (Å²) in [7, 11) is 1.67. The highest BCUT2D eigenvalue weighted by Crippen LogP contribution is 2.35. The highest BCUT2D eigenvalue weighted by atomic mass is 16.5. The van der Waals surface area contributed by atoms with Gasteiger partial charge in [-0.25, -0.2) is 9.79 Å². The number of rotatable bonds is 3. The Hall–Kier alpha value is -1.60. The zero-order chi connectivity index (χ0) is 12.1. The van der Waals surface area contributed by atoms with Crippen LogP contribution in [0.25, 0.3) is 0 Å². The number of carbonyl (C=O) groups excluding carboxylic acids is 1. The Labute approximate surface area is 102 Å². The number of hydrogen-bond donors (Lipinski definition) is 0. The van der Waals surface area contributed by atoms with Gasteiger partial charge < -0.3 is 4.74 Å². The summed E-state index contributed by atoms with van der Waals surface area (Å²) in [6.45, 7) is 0. The molecule has 3 nitrogen and oxygen atoms in total. The minimum Gasteiger partial charge on any atom is -0.497 e. The summed E-state index contributed by atoms with van der Waals surface area (Å²) >= 11 is 0. The summed E-state index contributed by atoms with van der Waals surface area (Å²) in [6.07, 6.45) is 6.13. The van der Waals surface area contributed by atoms with Crippen LogP contribution in [0.15, 0.2) is 29.3 Å². The van der Waals surface area contributed by atoms with E-state index in [1.165, 1.54) is 12.0 Å². The summed E-state index contributed by atoms with van der Waals surface area (Å²) < 4.78 is 5.23. The summed E-state index contributed by atoms with van der Waals surface area (Å²) in [4.78, 5) is 14.4. The first kappa shape index (κ1) is 11.9. The first-order chi connectivity index (χ1) is 8.35. The Balaban J connectivity index is 2.25. The molecule has 1 aromatic rings. The molecule has 0 N–H and O–H groups in total. The van der Waals surface area contributed by atoms with Crippen molar-refractivity contribution in [3.63, 3.8) is 0 Å². The lowest BCUT2D eigenvalue weighted by Gasteiger charge is -2.28. The number of methoxy groups -OCH3 is 1. The maximum atomic E-state index is 10.5. The number of nitrogens with zero attached hydrogens (tertiary/aromatic N) is 1. The average molecular weight is 231 g/mol. The van der Waals surface area contributed by atoms with E-state index in [2.05, 4.69) is 11.1 Å². The molecule has 0 saturated heterocycles. The van der Waals surface area contributed by atoms with Crippen molar-refractivity contribution in [3.8, 4) is 5.75 Å². The van der Waals surface area contributed by atoms with Crippen LogP contribution < -0.4 is 4.74 Å². The number of aliphatic imine (C=N–C) groups is 1. The van der Waals surface area contributed by atoms with Crippen LogP contribution in [0.2, 0.25) is 0 Å². The highest BCUT2D eigenvalue weighted by molar-refractivity contribution is 5.36. The molecule has 0 unspecified atom stereocenters. The van der Waals surface area contributed by atoms with Crippen molar-refractivity contribution in [3.05, 3.63) is 29.8 Å². The predicted molar refractivity (Wildman–Crippen MR) is 66.1 cm³/mol. The quantitative estimate of drug-likeness (QED) is 0.592. The molecule has 0 radical (unpaired) electrons. The van der Waals surface area contributed by atoms with E-state index in [9.17, 15) is 4.79 Å². The maximum Gasteiger partial charge on any atom is 0.235 e. The van der Waals surface area contributed by atoms with Crippen LogP contribution in [-0.4, -0.2) is 19.2 Å². The van der Waals surface area contributed by atoms with Crippen molar-refractivity contribution >= 4 is 6.08 Å². The number of ether oxygens (including phenoxy) is 1. The van der Waals surface area contributed by atoms with E-state index in [0.717, 1.165) is 25.0 Å². The third-order valence-electron chi connectivity index (χ3n) is 3.47.